The Labute approximate surface area is 182 Å². The Bertz CT molecular complexity index is 945. The zero-order chi connectivity index (χ0) is 23.7. The number of alkyl halides is 3. The Hall–Kier alpha value is -3.56. The Morgan fingerprint density at radius 1 is 1.03 bits per heavy atom. The molecule has 2 rings (SSSR count). The molecule has 0 aliphatic carbocycles. The third-order valence-electron chi connectivity index (χ3n) is 4.27. The van der Waals surface area contributed by atoms with Gasteiger partial charge in [0.2, 0.25) is 5.91 Å². The highest BCUT2D eigenvalue weighted by Gasteiger charge is 2.32. The molecular formula is C22H23F3N2O5. The normalized spacial score (nSPS) is 11.9. The fraction of sp³-hybridized carbons (Fsp3) is 0.318. The van der Waals surface area contributed by atoms with Crippen LogP contribution < -0.4 is 15.4 Å². The smallest absolute Gasteiger partial charge is 0.456 e. The Balaban J connectivity index is 1.87. The zero-order valence-electron chi connectivity index (χ0n) is 17.5. The average molecular weight is 452 g/mol. The van der Waals surface area contributed by atoms with Gasteiger partial charge in [0.05, 0.1) is 12.5 Å². The minimum atomic E-state index is -4.86. The molecule has 32 heavy (non-hydrogen) atoms. The van der Waals surface area contributed by atoms with Gasteiger partial charge in [0, 0.05) is 19.0 Å². The molecule has 1 atom stereocenters. The topological polar surface area (TPSA) is 93.7 Å². The number of nitrogens with one attached hydrogen (secondary N) is 2. The van der Waals surface area contributed by atoms with E-state index in [1.165, 1.54) is 25.1 Å². The summed E-state index contributed by atoms with van der Waals surface area (Å²) < 4.78 is 46.3. The third-order valence-corrected chi connectivity index (χ3v) is 4.27. The number of carbonyl (C=O) groups excluding carboxylic acids is 3. The number of rotatable bonds is 9. The zero-order valence-corrected chi connectivity index (χ0v) is 17.5. The van der Waals surface area contributed by atoms with E-state index in [4.69, 9.17) is 4.74 Å². The summed E-state index contributed by atoms with van der Waals surface area (Å²) in [6.45, 7) is 2.35. The van der Waals surface area contributed by atoms with Gasteiger partial charge in [-0.3, -0.25) is 14.4 Å². The highest BCUT2D eigenvalue weighted by atomic mass is 19.4. The van der Waals surface area contributed by atoms with Crippen molar-refractivity contribution in [3.8, 4) is 5.75 Å². The van der Waals surface area contributed by atoms with E-state index in [0.717, 1.165) is 11.6 Å². The van der Waals surface area contributed by atoms with Crippen LogP contribution in [-0.4, -0.2) is 30.8 Å². The molecule has 0 radical (unpaired) electrons. The van der Waals surface area contributed by atoms with Gasteiger partial charge in [0.1, 0.15) is 5.75 Å². The second kappa shape index (κ2) is 11.2. The third kappa shape index (κ3) is 8.66. The maximum absolute atomic E-state index is 12.5. The van der Waals surface area contributed by atoms with E-state index in [1.54, 1.807) is 12.1 Å². The van der Waals surface area contributed by atoms with Crippen molar-refractivity contribution in [3.63, 3.8) is 0 Å². The van der Waals surface area contributed by atoms with Gasteiger partial charge in [0.15, 0.2) is 6.61 Å². The minimum absolute atomic E-state index is 0.106. The molecule has 1 unspecified atom stereocenters. The van der Waals surface area contributed by atoms with Crippen molar-refractivity contribution in [3.05, 3.63) is 65.2 Å². The van der Waals surface area contributed by atoms with Crippen LogP contribution in [-0.2, 0) is 25.7 Å². The van der Waals surface area contributed by atoms with Gasteiger partial charge in [0.25, 0.3) is 5.91 Å². The molecule has 0 spiro atoms. The van der Waals surface area contributed by atoms with E-state index in [-0.39, 0.29) is 24.4 Å². The van der Waals surface area contributed by atoms with Gasteiger partial charge in [-0.2, -0.15) is 0 Å². The van der Waals surface area contributed by atoms with Crippen LogP contribution >= 0.6 is 0 Å². The summed E-state index contributed by atoms with van der Waals surface area (Å²) in [4.78, 5) is 35.6. The largest absolute Gasteiger partial charge is 0.573 e. The van der Waals surface area contributed by atoms with Crippen LogP contribution in [0.15, 0.2) is 48.5 Å². The molecule has 0 heterocycles. The molecule has 0 saturated heterocycles. The molecule has 10 heteroatoms. The van der Waals surface area contributed by atoms with Crippen LogP contribution in [0.5, 0.6) is 5.75 Å². The summed E-state index contributed by atoms with van der Waals surface area (Å²) in [6.07, 6.45) is -5.06. The molecule has 0 aromatic heterocycles. The molecule has 0 fully saturated rings. The van der Waals surface area contributed by atoms with Crippen LogP contribution in [0.25, 0.3) is 0 Å². The van der Waals surface area contributed by atoms with Gasteiger partial charge in [-0.05, 0) is 18.6 Å². The van der Waals surface area contributed by atoms with Crippen LogP contribution in [0.2, 0.25) is 0 Å². The Morgan fingerprint density at radius 2 is 1.69 bits per heavy atom. The summed E-state index contributed by atoms with van der Waals surface area (Å²) in [6, 6.07) is 12.0. The van der Waals surface area contributed by atoms with Crippen molar-refractivity contribution in [2.75, 3.05) is 6.61 Å². The Morgan fingerprint density at radius 3 is 2.31 bits per heavy atom. The number of halogens is 3. The molecule has 0 aliphatic heterocycles. The number of para-hydroxylation sites is 1. The lowest BCUT2D eigenvalue weighted by molar-refractivity contribution is -0.274. The summed E-state index contributed by atoms with van der Waals surface area (Å²) in [5, 5.41) is 5.03. The first-order chi connectivity index (χ1) is 15.0. The van der Waals surface area contributed by atoms with Crippen LogP contribution in [0.1, 0.15) is 36.1 Å². The number of hydrogen-bond acceptors (Lipinski definition) is 5. The SMILES string of the molecule is CC(=O)NC(CC(=O)OCC(=O)NCc1ccccc1OC(F)(F)F)c1ccc(C)cc1. The van der Waals surface area contributed by atoms with Gasteiger partial charge in [-0.25, -0.2) is 0 Å². The first kappa shape index (κ1) is 24.7. The predicted molar refractivity (Wildman–Crippen MR) is 108 cm³/mol. The molecule has 2 aromatic rings. The average Bonchev–Trinajstić information content (AvgIpc) is 2.70. The summed E-state index contributed by atoms with van der Waals surface area (Å²) >= 11 is 0. The summed E-state index contributed by atoms with van der Waals surface area (Å²) in [5.41, 5.74) is 1.82. The first-order valence-corrected chi connectivity index (χ1v) is 9.63. The molecule has 2 amide bonds. The van der Waals surface area contributed by atoms with Crippen molar-refractivity contribution in [1.29, 1.82) is 0 Å². The molecule has 2 aromatic carbocycles. The van der Waals surface area contributed by atoms with E-state index in [9.17, 15) is 27.6 Å². The quantitative estimate of drug-likeness (QED) is 0.570. The van der Waals surface area contributed by atoms with Crippen molar-refractivity contribution >= 4 is 17.8 Å². The molecule has 0 bridgehead atoms. The molecular weight excluding hydrogens is 429 g/mol. The van der Waals surface area contributed by atoms with Gasteiger partial charge in [-0.15, -0.1) is 13.2 Å². The van der Waals surface area contributed by atoms with E-state index in [1.807, 2.05) is 19.1 Å². The number of carbonyl (C=O) groups is 3. The number of ether oxygens (including phenoxy) is 2. The van der Waals surface area contributed by atoms with Crippen LogP contribution in [0, 0.1) is 6.92 Å². The lowest BCUT2D eigenvalue weighted by Gasteiger charge is -2.18. The maximum Gasteiger partial charge on any atom is 0.573 e. The van der Waals surface area contributed by atoms with Gasteiger partial charge in [-0.1, -0.05) is 48.0 Å². The fourth-order valence-electron chi connectivity index (χ4n) is 2.79. The molecule has 7 nitrogen and oxygen atoms in total. The highest BCUT2D eigenvalue weighted by molar-refractivity contribution is 5.81. The standard InChI is InChI=1S/C22H23F3N2O5/c1-14-7-9-16(10-8-14)18(27-15(2)28)11-21(30)31-13-20(29)26-12-17-5-3-4-6-19(17)32-22(23,24)25/h3-10,18H,11-13H2,1-2H3,(H,26,29)(H,27,28). The highest BCUT2D eigenvalue weighted by Crippen LogP contribution is 2.26. The lowest BCUT2D eigenvalue weighted by Crippen LogP contribution is -2.31. The molecule has 172 valence electrons. The van der Waals surface area contributed by atoms with Crippen LogP contribution in [0.3, 0.4) is 0 Å². The number of benzene rings is 2. The molecule has 2 N–H and O–H groups in total. The number of esters is 1. The summed E-state index contributed by atoms with van der Waals surface area (Å²) in [7, 11) is 0. The monoisotopic (exact) mass is 452 g/mol. The molecule has 0 aliphatic rings. The maximum atomic E-state index is 12.5. The number of hydrogen-bond donors (Lipinski definition) is 2. The second-order valence-electron chi connectivity index (χ2n) is 6.96. The first-order valence-electron chi connectivity index (χ1n) is 9.63. The van der Waals surface area contributed by atoms with E-state index < -0.39 is 36.6 Å². The van der Waals surface area contributed by atoms with Crippen molar-refractivity contribution in [2.24, 2.45) is 0 Å². The van der Waals surface area contributed by atoms with E-state index >= 15 is 0 Å². The predicted octanol–water partition coefficient (Wildman–Crippen LogP) is 3.32. The fourth-order valence-corrected chi connectivity index (χ4v) is 2.79. The second-order valence-corrected chi connectivity index (χ2v) is 6.96. The molecule has 0 saturated carbocycles. The van der Waals surface area contributed by atoms with E-state index in [2.05, 4.69) is 15.4 Å². The van der Waals surface area contributed by atoms with Crippen LogP contribution in [0.4, 0.5) is 13.2 Å². The van der Waals surface area contributed by atoms with Crippen molar-refractivity contribution in [2.45, 2.75) is 39.2 Å². The summed E-state index contributed by atoms with van der Waals surface area (Å²) in [5.74, 6) is -2.19. The number of aryl methyl sites for hydroxylation is 1. The van der Waals surface area contributed by atoms with E-state index in [0.29, 0.717) is 5.56 Å². The number of amides is 2. The van der Waals surface area contributed by atoms with Crippen molar-refractivity contribution < 1.29 is 37.0 Å². The lowest BCUT2D eigenvalue weighted by atomic mass is 10.0. The van der Waals surface area contributed by atoms with Gasteiger partial charge < -0.3 is 20.1 Å². The Kier molecular flexibility index (Phi) is 8.62. The minimum Gasteiger partial charge on any atom is -0.456 e. The van der Waals surface area contributed by atoms with Gasteiger partial charge >= 0.3 is 12.3 Å². The van der Waals surface area contributed by atoms with Crippen molar-refractivity contribution in [1.82, 2.24) is 10.6 Å².